The molecule has 0 bridgehead atoms. The molecule has 1 atom stereocenters. The van der Waals surface area contributed by atoms with E-state index in [0.717, 1.165) is 25.0 Å². The average molecular weight is 295 g/mol. The molecule has 2 rings (SSSR count). The van der Waals surface area contributed by atoms with E-state index in [4.69, 9.17) is 23.4 Å². The highest BCUT2D eigenvalue weighted by atomic mass is 28.2. The summed E-state index contributed by atoms with van der Waals surface area (Å²) in [5.41, 5.74) is 1.07. The van der Waals surface area contributed by atoms with Crippen LogP contribution in [0.1, 0.15) is 12.0 Å². The molecule has 0 aliphatic carbocycles. The van der Waals surface area contributed by atoms with Crippen molar-refractivity contribution in [2.75, 3.05) is 34.0 Å². The lowest BCUT2D eigenvalue weighted by atomic mass is 10.1. The number of ether oxygens (including phenoxy) is 4. The van der Waals surface area contributed by atoms with Crippen LogP contribution in [0.5, 0.6) is 17.2 Å². The number of methoxy groups -OCH3 is 2. The van der Waals surface area contributed by atoms with Gasteiger partial charge in [-0.1, -0.05) is 6.07 Å². The van der Waals surface area contributed by atoms with E-state index < -0.39 is 0 Å². The van der Waals surface area contributed by atoms with Crippen molar-refractivity contribution in [3.63, 3.8) is 0 Å². The minimum atomic E-state index is 0.319. The molecule has 1 saturated heterocycles. The van der Waals surface area contributed by atoms with Crippen molar-refractivity contribution < 1.29 is 23.4 Å². The lowest BCUT2D eigenvalue weighted by Gasteiger charge is -2.15. The summed E-state index contributed by atoms with van der Waals surface area (Å²) in [5.74, 6) is 1.88. The highest BCUT2D eigenvalue weighted by Gasteiger charge is 2.22. The summed E-state index contributed by atoms with van der Waals surface area (Å²) in [7, 11) is 6.23. The van der Waals surface area contributed by atoms with Gasteiger partial charge in [0, 0.05) is 6.61 Å². The van der Waals surface area contributed by atoms with Gasteiger partial charge in [0.1, 0.15) is 11.9 Å². The standard InChI is InChI=1S/C14H19O5Si/c1-15-13-10(4-3-7-17-8-11-9-18-11)5-6-12(19-20)14(13)16-2/h5-6,11H,3-4,7-9H2,1-2H3. The van der Waals surface area contributed by atoms with Crippen molar-refractivity contribution in [1.29, 1.82) is 0 Å². The molecule has 109 valence electrons. The van der Waals surface area contributed by atoms with Gasteiger partial charge >= 0.3 is 10.5 Å². The zero-order valence-corrected chi connectivity index (χ0v) is 12.8. The molecule has 1 aliphatic heterocycles. The van der Waals surface area contributed by atoms with Gasteiger partial charge in [0.15, 0.2) is 5.75 Å². The summed E-state index contributed by atoms with van der Waals surface area (Å²) in [4.78, 5) is 0. The lowest BCUT2D eigenvalue weighted by molar-refractivity contribution is 0.114. The van der Waals surface area contributed by atoms with Crippen LogP contribution in [0, 0.1) is 0 Å². The predicted octanol–water partition coefficient (Wildman–Crippen LogP) is 1.51. The first-order chi connectivity index (χ1) is 9.80. The Morgan fingerprint density at radius 2 is 2.00 bits per heavy atom. The quantitative estimate of drug-likeness (QED) is 0.393. The molecule has 1 aromatic carbocycles. The number of rotatable bonds is 9. The van der Waals surface area contributed by atoms with E-state index in [-0.39, 0.29) is 0 Å². The summed E-state index contributed by atoms with van der Waals surface area (Å²) in [5, 5.41) is 0. The highest BCUT2D eigenvalue weighted by molar-refractivity contribution is 6.00. The molecule has 1 heterocycles. The van der Waals surface area contributed by atoms with Crippen LogP contribution in [0.3, 0.4) is 0 Å². The molecule has 6 heteroatoms. The maximum Gasteiger partial charge on any atom is 0.341 e. The topological polar surface area (TPSA) is 49.5 Å². The number of aryl methyl sites for hydroxylation is 1. The normalized spacial score (nSPS) is 16.9. The third-order valence-corrected chi connectivity index (χ3v) is 3.34. The first-order valence-electron chi connectivity index (χ1n) is 6.57. The van der Waals surface area contributed by atoms with E-state index >= 15 is 0 Å². The Hall–Kier alpha value is -1.24. The van der Waals surface area contributed by atoms with Gasteiger partial charge in [0.2, 0.25) is 5.75 Å². The van der Waals surface area contributed by atoms with Gasteiger partial charge in [-0.3, -0.25) is 0 Å². The van der Waals surface area contributed by atoms with Gasteiger partial charge in [0.05, 0.1) is 27.4 Å². The Kier molecular flexibility index (Phi) is 5.69. The number of epoxide rings is 1. The maximum absolute atomic E-state index is 5.52. The molecule has 1 aliphatic rings. The van der Waals surface area contributed by atoms with E-state index in [1.807, 2.05) is 12.1 Å². The fourth-order valence-electron chi connectivity index (χ4n) is 2.02. The summed E-state index contributed by atoms with van der Waals surface area (Å²) < 4.78 is 26.4. The molecular formula is C14H19O5Si. The third-order valence-electron chi connectivity index (χ3n) is 3.12. The van der Waals surface area contributed by atoms with Gasteiger partial charge in [-0.15, -0.1) is 0 Å². The SMILES string of the molecule is COc1c(CCCOCC2CO2)ccc(O[Si])c1OC. The van der Waals surface area contributed by atoms with Crippen LogP contribution in [-0.4, -0.2) is 50.6 Å². The van der Waals surface area contributed by atoms with E-state index in [1.54, 1.807) is 14.2 Å². The summed E-state index contributed by atoms with van der Waals surface area (Å²) in [6.07, 6.45) is 2.09. The summed E-state index contributed by atoms with van der Waals surface area (Å²) in [6.45, 7) is 2.23. The van der Waals surface area contributed by atoms with Crippen LogP contribution in [0.2, 0.25) is 0 Å². The highest BCUT2D eigenvalue weighted by Crippen LogP contribution is 2.40. The molecule has 0 amide bonds. The fraction of sp³-hybridized carbons (Fsp3) is 0.571. The average Bonchev–Trinajstić information content (AvgIpc) is 3.30. The van der Waals surface area contributed by atoms with Crippen LogP contribution in [0.4, 0.5) is 0 Å². The fourth-order valence-corrected chi connectivity index (χ4v) is 2.18. The molecule has 0 N–H and O–H groups in total. The number of hydrogen-bond acceptors (Lipinski definition) is 5. The Morgan fingerprint density at radius 1 is 1.25 bits per heavy atom. The van der Waals surface area contributed by atoms with Crippen LogP contribution in [0.25, 0.3) is 0 Å². The van der Waals surface area contributed by atoms with E-state index in [0.29, 0.717) is 36.6 Å². The lowest BCUT2D eigenvalue weighted by Crippen LogP contribution is -2.04. The van der Waals surface area contributed by atoms with Crippen molar-refractivity contribution >= 4 is 10.5 Å². The van der Waals surface area contributed by atoms with Crippen LogP contribution in [-0.2, 0) is 15.9 Å². The molecule has 1 unspecified atom stereocenters. The van der Waals surface area contributed by atoms with Crippen LogP contribution >= 0.6 is 0 Å². The van der Waals surface area contributed by atoms with E-state index in [9.17, 15) is 0 Å². The zero-order chi connectivity index (χ0) is 14.4. The number of benzene rings is 1. The second-order valence-electron chi connectivity index (χ2n) is 4.53. The predicted molar refractivity (Wildman–Crippen MR) is 74.8 cm³/mol. The molecular weight excluding hydrogens is 276 g/mol. The minimum absolute atomic E-state index is 0.319. The van der Waals surface area contributed by atoms with Crippen molar-refractivity contribution in [3.05, 3.63) is 17.7 Å². The van der Waals surface area contributed by atoms with Gasteiger partial charge in [-0.25, -0.2) is 0 Å². The Balaban J connectivity index is 1.91. The number of hydrogen-bond donors (Lipinski definition) is 0. The molecule has 0 spiro atoms. The molecule has 5 nitrogen and oxygen atoms in total. The Labute approximate surface area is 122 Å². The molecule has 0 saturated carbocycles. The minimum Gasteiger partial charge on any atom is -0.538 e. The monoisotopic (exact) mass is 295 g/mol. The first-order valence-corrected chi connectivity index (χ1v) is 6.97. The molecule has 1 fully saturated rings. The third kappa shape index (κ3) is 3.88. The molecule has 0 aromatic heterocycles. The molecule has 3 radical (unpaired) electrons. The van der Waals surface area contributed by atoms with Gasteiger partial charge in [-0.2, -0.15) is 0 Å². The first kappa shape index (κ1) is 15.2. The van der Waals surface area contributed by atoms with Gasteiger partial charge in [-0.05, 0) is 24.5 Å². The van der Waals surface area contributed by atoms with E-state index in [1.165, 1.54) is 0 Å². The van der Waals surface area contributed by atoms with Crippen molar-refractivity contribution in [2.45, 2.75) is 18.9 Å². The van der Waals surface area contributed by atoms with E-state index in [2.05, 4.69) is 10.5 Å². The van der Waals surface area contributed by atoms with Crippen molar-refractivity contribution in [3.8, 4) is 17.2 Å². The van der Waals surface area contributed by atoms with Crippen molar-refractivity contribution in [2.24, 2.45) is 0 Å². The zero-order valence-electron chi connectivity index (χ0n) is 11.8. The van der Waals surface area contributed by atoms with Crippen LogP contribution < -0.4 is 13.9 Å². The summed E-state index contributed by atoms with van der Waals surface area (Å²) >= 11 is 0. The smallest absolute Gasteiger partial charge is 0.341 e. The maximum atomic E-state index is 5.52. The Bertz CT molecular complexity index is 434. The van der Waals surface area contributed by atoms with Crippen LogP contribution in [0.15, 0.2) is 12.1 Å². The molecule has 1 aromatic rings. The van der Waals surface area contributed by atoms with Crippen molar-refractivity contribution in [1.82, 2.24) is 0 Å². The Morgan fingerprint density at radius 3 is 2.60 bits per heavy atom. The second-order valence-corrected chi connectivity index (χ2v) is 4.73. The van der Waals surface area contributed by atoms with Gasteiger partial charge < -0.3 is 23.4 Å². The van der Waals surface area contributed by atoms with Gasteiger partial charge in [0.25, 0.3) is 0 Å². The largest absolute Gasteiger partial charge is 0.538 e. The molecule has 20 heavy (non-hydrogen) atoms. The summed E-state index contributed by atoms with van der Waals surface area (Å²) in [6, 6.07) is 3.82. The second kappa shape index (κ2) is 7.52.